The van der Waals surface area contributed by atoms with Gasteiger partial charge < -0.3 is 0 Å². The van der Waals surface area contributed by atoms with Crippen molar-refractivity contribution in [3.8, 4) is 0 Å². The largest absolute Gasteiger partial charge is 0.306 e. The second kappa shape index (κ2) is 3.77. The molecule has 0 N–H and O–H groups in total. The van der Waals surface area contributed by atoms with Gasteiger partial charge in [0.05, 0.1) is 0 Å². The van der Waals surface area contributed by atoms with Crippen molar-refractivity contribution in [2.45, 2.75) is 5.75 Å². The van der Waals surface area contributed by atoms with Gasteiger partial charge in [0.1, 0.15) is 16.1 Å². The molecule has 1 rings (SSSR count). The molecule has 0 saturated heterocycles. The lowest BCUT2D eigenvalue weighted by Gasteiger charge is -1.99. The van der Waals surface area contributed by atoms with Crippen LogP contribution in [-0.2, 0) is 16.0 Å². The highest BCUT2D eigenvalue weighted by Crippen LogP contribution is 2.19. The number of pyridine rings is 1. The minimum Gasteiger partial charge on any atom is -0.224 e. The topological polar surface area (TPSA) is 47.0 Å². The summed E-state index contributed by atoms with van der Waals surface area (Å²) in [5.74, 6) is -0.782. The lowest BCUT2D eigenvalue weighted by molar-refractivity contribution is 0.551. The Hall–Kier alpha value is -0.390. The Morgan fingerprint density at radius 1 is 1.38 bits per heavy atom. The van der Waals surface area contributed by atoms with Crippen LogP contribution in [0.1, 0.15) is 5.56 Å². The van der Waals surface area contributed by atoms with E-state index >= 15 is 0 Å². The molecular formula is C6H4Cl2FNO2S. The summed E-state index contributed by atoms with van der Waals surface area (Å²) in [6.45, 7) is 0. The van der Waals surface area contributed by atoms with Crippen LogP contribution in [0.5, 0.6) is 0 Å². The molecule has 0 aliphatic carbocycles. The number of aromatic nitrogens is 1. The molecule has 0 spiro atoms. The van der Waals surface area contributed by atoms with Crippen molar-refractivity contribution in [1.29, 1.82) is 0 Å². The van der Waals surface area contributed by atoms with Crippen molar-refractivity contribution in [2.75, 3.05) is 0 Å². The first-order valence-electron chi connectivity index (χ1n) is 3.12. The van der Waals surface area contributed by atoms with Crippen LogP contribution in [0.3, 0.4) is 0 Å². The van der Waals surface area contributed by atoms with Crippen LogP contribution in [0, 0.1) is 0 Å². The Balaban J connectivity index is 3.04. The molecule has 0 saturated carbocycles. The Bertz CT molecular complexity index is 421. The first-order chi connectivity index (χ1) is 5.88. The maximum atomic E-state index is 12.2. The van der Waals surface area contributed by atoms with E-state index in [0.29, 0.717) is 0 Å². The fourth-order valence-corrected chi connectivity index (χ4v) is 1.83. The highest BCUT2D eigenvalue weighted by atomic mass is 35.5. The highest BCUT2D eigenvalue weighted by molar-refractivity contribution is 7.85. The van der Waals surface area contributed by atoms with Gasteiger partial charge in [0.15, 0.2) is 0 Å². The number of rotatable bonds is 2. The summed E-state index contributed by atoms with van der Waals surface area (Å²) in [6.07, 6.45) is 0. The summed E-state index contributed by atoms with van der Waals surface area (Å²) in [5, 5.41) is 0.0266. The Morgan fingerprint density at radius 3 is 2.46 bits per heavy atom. The summed E-state index contributed by atoms with van der Waals surface area (Å²) >= 11 is 11.0. The molecule has 0 atom stereocenters. The number of hydrogen-bond acceptors (Lipinski definition) is 3. The van der Waals surface area contributed by atoms with E-state index in [1.54, 1.807) is 0 Å². The van der Waals surface area contributed by atoms with Crippen molar-refractivity contribution in [1.82, 2.24) is 4.98 Å². The lowest BCUT2D eigenvalue weighted by atomic mass is 10.3. The number of halogens is 3. The van der Waals surface area contributed by atoms with Crippen molar-refractivity contribution in [2.24, 2.45) is 0 Å². The lowest BCUT2D eigenvalue weighted by Crippen LogP contribution is -1.98. The van der Waals surface area contributed by atoms with Crippen LogP contribution in [0.2, 0.25) is 10.3 Å². The van der Waals surface area contributed by atoms with Gasteiger partial charge in [-0.2, -0.15) is 8.42 Å². The number of hydrogen-bond donors (Lipinski definition) is 0. The maximum Gasteiger partial charge on any atom is 0.306 e. The summed E-state index contributed by atoms with van der Waals surface area (Å²) < 4.78 is 32.7. The summed E-state index contributed by atoms with van der Waals surface area (Å²) in [4.78, 5) is 3.56. The van der Waals surface area contributed by atoms with E-state index in [1.807, 2.05) is 0 Å². The molecule has 1 aromatic rings. The van der Waals surface area contributed by atoms with E-state index in [9.17, 15) is 12.3 Å². The normalized spacial score (nSPS) is 11.6. The van der Waals surface area contributed by atoms with Crippen LogP contribution < -0.4 is 0 Å². The van der Waals surface area contributed by atoms with Crippen molar-refractivity contribution in [3.05, 3.63) is 28.0 Å². The van der Waals surface area contributed by atoms with Gasteiger partial charge in [-0.1, -0.05) is 29.3 Å². The second-order valence-corrected chi connectivity index (χ2v) is 4.38. The standard InChI is InChI=1S/C6H4Cl2FNO2S/c7-5-2-1-4(6(8)10-5)3-13(9,11)12/h1-2H,3H2. The monoisotopic (exact) mass is 243 g/mol. The summed E-state index contributed by atoms with van der Waals surface area (Å²) in [6, 6.07) is 2.66. The zero-order chi connectivity index (χ0) is 10.1. The molecule has 0 aliphatic heterocycles. The summed E-state index contributed by atoms with van der Waals surface area (Å²) in [7, 11) is -4.58. The van der Waals surface area contributed by atoms with Crippen molar-refractivity contribution < 1.29 is 12.3 Å². The van der Waals surface area contributed by atoms with Gasteiger partial charge >= 0.3 is 10.2 Å². The molecule has 0 unspecified atom stereocenters. The Kier molecular flexibility index (Phi) is 3.10. The third-order valence-corrected chi connectivity index (χ3v) is 2.41. The fourth-order valence-electron chi connectivity index (χ4n) is 0.734. The van der Waals surface area contributed by atoms with E-state index in [1.165, 1.54) is 12.1 Å². The van der Waals surface area contributed by atoms with Crippen LogP contribution in [0.15, 0.2) is 12.1 Å². The molecule has 1 aromatic heterocycles. The highest BCUT2D eigenvalue weighted by Gasteiger charge is 2.12. The molecule has 7 heteroatoms. The van der Waals surface area contributed by atoms with E-state index in [0.717, 1.165) is 0 Å². The van der Waals surface area contributed by atoms with E-state index < -0.39 is 16.0 Å². The molecule has 0 fully saturated rings. The molecule has 0 radical (unpaired) electrons. The predicted octanol–water partition coefficient (Wildman–Crippen LogP) is 2.19. The zero-order valence-electron chi connectivity index (χ0n) is 6.17. The first-order valence-corrected chi connectivity index (χ1v) is 5.42. The third kappa shape index (κ3) is 3.46. The van der Waals surface area contributed by atoms with Gasteiger partial charge in [-0.3, -0.25) is 0 Å². The van der Waals surface area contributed by atoms with E-state index in [4.69, 9.17) is 23.2 Å². The van der Waals surface area contributed by atoms with Crippen LogP contribution in [0.4, 0.5) is 3.89 Å². The average molecular weight is 244 g/mol. The van der Waals surface area contributed by atoms with Gasteiger partial charge in [-0.15, -0.1) is 3.89 Å². The van der Waals surface area contributed by atoms with Crippen molar-refractivity contribution in [3.63, 3.8) is 0 Å². The smallest absolute Gasteiger partial charge is 0.224 e. The van der Waals surface area contributed by atoms with E-state index in [-0.39, 0.29) is 15.9 Å². The van der Waals surface area contributed by atoms with Gasteiger partial charge in [-0.05, 0) is 6.07 Å². The second-order valence-electron chi connectivity index (χ2n) is 2.27. The molecule has 0 aliphatic rings. The quantitative estimate of drug-likeness (QED) is 0.591. The van der Waals surface area contributed by atoms with Gasteiger partial charge in [0.25, 0.3) is 0 Å². The molecule has 0 amide bonds. The third-order valence-electron chi connectivity index (χ3n) is 1.22. The average Bonchev–Trinajstić information content (AvgIpc) is 1.93. The SMILES string of the molecule is O=S(=O)(F)Cc1ccc(Cl)nc1Cl. The predicted molar refractivity (Wildman–Crippen MR) is 48.0 cm³/mol. The molecule has 72 valence electrons. The van der Waals surface area contributed by atoms with Gasteiger partial charge in [0.2, 0.25) is 0 Å². The van der Waals surface area contributed by atoms with Crippen LogP contribution >= 0.6 is 23.2 Å². The molecule has 13 heavy (non-hydrogen) atoms. The molecule has 1 heterocycles. The van der Waals surface area contributed by atoms with Crippen LogP contribution in [-0.4, -0.2) is 13.4 Å². The molecule has 3 nitrogen and oxygen atoms in total. The first kappa shape index (κ1) is 10.7. The van der Waals surface area contributed by atoms with Gasteiger partial charge in [0, 0.05) is 5.56 Å². The minimum absolute atomic E-state index is 0.0913. The molecule has 0 aromatic carbocycles. The van der Waals surface area contributed by atoms with Crippen molar-refractivity contribution >= 4 is 33.4 Å². The summed E-state index contributed by atoms with van der Waals surface area (Å²) in [5.41, 5.74) is 0.0913. The fraction of sp³-hybridized carbons (Fsp3) is 0.167. The van der Waals surface area contributed by atoms with E-state index in [2.05, 4.69) is 4.98 Å². The Labute approximate surface area is 84.7 Å². The minimum atomic E-state index is -4.58. The molecular weight excluding hydrogens is 240 g/mol. The molecule has 0 bridgehead atoms. The van der Waals surface area contributed by atoms with Crippen LogP contribution in [0.25, 0.3) is 0 Å². The van der Waals surface area contributed by atoms with Gasteiger partial charge in [-0.25, -0.2) is 4.98 Å². The number of nitrogens with zero attached hydrogens (tertiary/aromatic N) is 1. The zero-order valence-corrected chi connectivity index (χ0v) is 8.50. The maximum absolute atomic E-state index is 12.2. The Morgan fingerprint density at radius 2 is 2.00 bits per heavy atom.